The molecule has 0 spiro atoms. The summed E-state index contributed by atoms with van der Waals surface area (Å²) in [6.07, 6.45) is -0.115. The minimum absolute atomic E-state index is 0.115. The van der Waals surface area contributed by atoms with Crippen LogP contribution in [0.15, 0.2) is 45.6 Å². The Labute approximate surface area is 161 Å². The normalized spacial score (nSPS) is 10.6. The lowest BCUT2D eigenvalue weighted by Gasteiger charge is -2.11. The van der Waals surface area contributed by atoms with Crippen LogP contribution in [0.2, 0.25) is 0 Å². The van der Waals surface area contributed by atoms with Crippen molar-refractivity contribution >= 4 is 22.6 Å². The fraction of sp³-hybridized carbons (Fsp3) is 0.238. The first-order valence-corrected chi connectivity index (χ1v) is 8.58. The van der Waals surface area contributed by atoms with Crippen molar-refractivity contribution in [2.45, 2.75) is 13.3 Å². The zero-order valence-corrected chi connectivity index (χ0v) is 16.1. The van der Waals surface area contributed by atoms with Crippen LogP contribution in [0.4, 0.5) is 5.69 Å². The number of benzene rings is 2. The van der Waals surface area contributed by atoms with E-state index in [1.807, 2.05) is 0 Å². The minimum Gasteiger partial charge on any atom is -0.497 e. The lowest BCUT2D eigenvalue weighted by Crippen LogP contribution is -2.20. The van der Waals surface area contributed by atoms with Crippen molar-refractivity contribution in [1.29, 1.82) is 0 Å². The van der Waals surface area contributed by atoms with Crippen LogP contribution >= 0.6 is 0 Å². The molecule has 3 rings (SSSR count). The van der Waals surface area contributed by atoms with Crippen molar-refractivity contribution < 1.29 is 23.4 Å². The van der Waals surface area contributed by atoms with Crippen LogP contribution in [0, 0.1) is 6.92 Å². The molecular weight excluding hydrogens is 362 g/mol. The number of anilines is 1. The Bertz CT molecular complexity index is 1060. The van der Waals surface area contributed by atoms with Gasteiger partial charge in [-0.3, -0.25) is 4.79 Å². The average molecular weight is 383 g/mol. The van der Waals surface area contributed by atoms with Gasteiger partial charge >= 0.3 is 5.63 Å². The number of hydrogen-bond donors (Lipinski definition) is 1. The molecule has 0 unspecified atom stereocenters. The number of amides is 1. The van der Waals surface area contributed by atoms with Gasteiger partial charge in [0.25, 0.3) is 0 Å². The fourth-order valence-corrected chi connectivity index (χ4v) is 2.95. The largest absolute Gasteiger partial charge is 0.497 e. The molecule has 1 amide bonds. The van der Waals surface area contributed by atoms with Crippen LogP contribution < -0.4 is 25.2 Å². The lowest BCUT2D eigenvalue weighted by atomic mass is 10.0. The molecule has 0 radical (unpaired) electrons. The summed E-state index contributed by atoms with van der Waals surface area (Å²) in [5, 5.41) is 3.52. The minimum atomic E-state index is -0.545. The topological polar surface area (TPSA) is 87.0 Å². The number of carbonyl (C=O) groups excluding carboxylic acids is 1. The molecule has 7 nitrogen and oxygen atoms in total. The number of ether oxygens (including phenoxy) is 3. The summed E-state index contributed by atoms with van der Waals surface area (Å²) in [4.78, 5) is 24.9. The van der Waals surface area contributed by atoms with Gasteiger partial charge in [-0.25, -0.2) is 4.79 Å². The van der Waals surface area contributed by atoms with Crippen LogP contribution in [0.3, 0.4) is 0 Å². The third-order valence-electron chi connectivity index (χ3n) is 4.47. The average Bonchev–Trinajstić information content (AvgIpc) is 2.70. The summed E-state index contributed by atoms with van der Waals surface area (Å²) in [6, 6.07) is 10.3. The molecule has 0 fully saturated rings. The number of rotatable bonds is 6. The molecule has 0 aliphatic carbocycles. The van der Waals surface area contributed by atoms with E-state index in [1.54, 1.807) is 50.4 Å². The Balaban J connectivity index is 1.88. The van der Waals surface area contributed by atoms with Crippen molar-refractivity contribution in [2.75, 3.05) is 26.6 Å². The second kappa shape index (κ2) is 8.04. The quantitative estimate of drug-likeness (QED) is 0.657. The van der Waals surface area contributed by atoms with E-state index in [0.29, 0.717) is 39.6 Å². The van der Waals surface area contributed by atoms with Gasteiger partial charge < -0.3 is 23.9 Å². The Morgan fingerprint density at radius 2 is 1.61 bits per heavy atom. The number of hydrogen-bond acceptors (Lipinski definition) is 6. The van der Waals surface area contributed by atoms with E-state index in [9.17, 15) is 9.59 Å². The third kappa shape index (κ3) is 3.93. The Hall–Kier alpha value is -3.48. The predicted octanol–water partition coefficient (Wildman–Crippen LogP) is 3.31. The van der Waals surface area contributed by atoms with Crippen LogP contribution in [-0.2, 0) is 11.2 Å². The highest BCUT2D eigenvalue weighted by atomic mass is 16.5. The molecule has 1 aromatic heterocycles. The van der Waals surface area contributed by atoms with Gasteiger partial charge in [0.05, 0.1) is 33.3 Å². The molecule has 0 aliphatic rings. The standard InChI is InChI=1S/C21H21NO6/c1-12-17-6-5-14(25-2)10-19(17)28-21(24)18(12)11-20(23)22-13-7-15(26-3)9-16(8-13)27-4/h5-10H,11H2,1-4H3,(H,22,23). The summed E-state index contributed by atoms with van der Waals surface area (Å²) >= 11 is 0. The molecule has 1 heterocycles. The van der Waals surface area contributed by atoms with Gasteiger partial charge in [0.2, 0.25) is 5.91 Å². The van der Waals surface area contributed by atoms with Crippen molar-refractivity contribution in [3.05, 3.63) is 57.9 Å². The first-order chi connectivity index (χ1) is 13.4. The van der Waals surface area contributed by atoms with E-state index in [0.717, 1.165) is 5.39 Å². The number of carbonyl (C=O) groups is 1. The first kappa shape index (κ1) is 19.3. The van der Waals surface area contributed by atoms with Gasteiger partial charge in [-0.1, -0.05) is 0 Å². The zero-order chi connectivity index (χ0) is 20.3. The molecule has 0 saturated carbocycles. The SMILES string of the molecule is COc1cc(NC(=O)Cc2c(C)c3ccc(OC)cc3oc2=O)cc(OC)c1. The fourth-order valence-electron chi connectivity index (χ4n) is 2.95. The van der Waals surface area contributed by atoms with Crippen LogP contribution in [0.1, 0.15) is 11.1 Å². The van der Waals surface area contributed by atoms with E-state index in [-0.39, 0.29) is 12.3 Å². The molecular formula is C21H21NO6. The van der Waals surface area contributed by atoms with Crippen LogP contribution in [-0.4, -0.2) is 27.2 Å². The van der Waals surface area contributed by atoms with E-state index >= 15 is 0 Å². The number of fused-ring (bicyclic) bond motifs is 1. The highest BCUT2D eigenvalue weighted by molar-refractivity contribution is 5.93. The summed E-state index contributed by atoms with van der Waals surface area (Å²) < 4.78 is 20.9. The second-order valence-electron chi connectivity index (χ2n) is 6.18. The Kier molecular flexibility index (Phi) is 5.54. The molecule has 0 aliphatic heterocycles. The van der Waals surface area contributed by atoms with Crippen LogP contribution in [0.25, 0.3) is 11.0 Å². The van der Waals surface area contributed by atoms with Crippen molar-refractivity contribution in [1.82, 2.24) is 0 Å². The van der Waals surface area contributed by atoms with E-state index in [2.05, 4.69) is 5.32 Å². The zero-order valence-electron chi connectivity index (χ0n) is 16.1. The van der Waals surface area contributed by atoms with Crippen molar-refractivity contribution in [2.24, 2.45) is 0 Å². The second-order valence-corrected chi connectivity index (χ2v) is 6.18. The van der Waals surface area contributed by atoms with Gasteiger partial charge in [0, 0.05) is 35.3 Å². The Morgan fingerprint density at radius 1 is 0.964 bits per heavy atom. The predicted molar refractivity (Wildman–Crippen MR) is 106 cm³/mol. The van der Waals surface area contributed by atoms with Gasteiger partial charge in [-0.05, 0) is 24.6 Å². The van der Waals surface area contributed by atoms with Gasteiger partial charge in [-0.2, -0.15) is 0 Å². The third-order valence-corrected chi connectivity index (χ3v) is 4.47. The monoisotopic (exact) mass is 383 g/mol. The first-order valence-electron chi connectivity index (χ1n) is 8.58. The summed E-state index contributed by atoms with van der Waals surface area (Å²) in [5.41, 5.74) is 1.39. The van der Waals surface area contributed by atoms with Gasteiger partial charge in [0.15, 0.2) is 0 Å². The number of nitrogens with one attached hydrogen (secondary N) is 1. The molecule has 2 aromatic carbocycles. The molecule has 3 aromatic rings. The molecule has 0 bridgehead atoms. The number of aryl methyl sites for hydroxylation is 1. The van der Waals surface area contributed by atoms with Gasteiger partial charge in [-0.15, -0.1) is 0 Å². The molecule has 0 atom stereocenters. The summed E-state index contributed by atoms with van der Waals surface area (Å²) in [5.74, 6) is 1.33. The number of methoxy groups -OCH3 is 3. The summed E-state index contributed by atoms with van der Waals surface area (Å²) in [6.45, 7) is 1.79. The van der Waals surface area contributed by atoms with Crippen LogP contribution in [0.5, 0.6) is 17.2 Å². The highest BCUT2D eigenvalue weighted by Gasteiger charge is 2.16. The van der Waals surface area contributed by atoms with Crippen molar-refractivity contribution in [3.63, 3.8) is 0 Å². The molecule has 0 saturated heterocycles. The Morgan fingerprint density at radius 3 is 2.21 bits per heavy atom. The highest BCUT2D eigenvalue weighted by Crippen LogP contribution is 2.27. The lowest BCUT2D eigenvalue weighted by molar-refractivity contribution is -0.115. The van der Waals surface area contributed by atoms with Gasteiger partial charge in [0.1, 0.15) is 22.8 Å². The molecule has 146 valence electrons. The maximum Gasteiger partial charge on any atom is 0.340 e. The smallest absolute Gasteiger partial charge is 0.340 e. The molecule has 1 N–H and O–H groups in total. The van der Waals surface area contributed by atoms with E-state index in [4.69, 9.17) is 18.6 Å². The molecule has 7 heteroatoms. The molecule has 28 heavy (non-hydrogen) atoms. The van der Waals surface area contributed by atoms with E-state index < -0.39 is 5.63 Å². The van der Waals surface area contributed by atoms with Crippen molar-refractivity contribution in [3.8, 4) is 17.2 Å². The maximum atomic E-state index is 12.5. The summed E-state index contributed by atoms with van der Waals surface area (Å²) in [7, 11) is 4.59. The maximum absolute atomic E-state index is 12.5. The van der Waals surface area contributed by atoms with E-state index in [1.165, 1.54) is 14.2 Å².